The Labute approximate surface area is 207 Å². The van der Waals surface area contributed by atoms with Crippen LogP contribution in [-0.2, 0) is 20.9 Å². The van der Waals surface area contributed by atoms with E-state index in [4.69, 9.17) is 5.73 Å². The van der Waals surface area contributed by atoms with Crippen LogP contribution >= 0.6 is 0 Å². The lowest BCUT2D eigenvalue weighted by Crippen LogP contribution is -2.77. The van der Waals surface area contributed by atoms with E-state index in [9.17, 15) is 24.3 Å². The minimum atomic E-state index is -1.16. The molecule has 2 amide bonds. The maximum Gasteiger partial charge on any atom is 0.326 e. The molecule has 0 aliphatic heterocycles. The molecule has 2 aromatic heterocycles. The van der Waals surface area contributed by atoms with Crippen LogP contribution in [0.25, 0.3) is 11.2 Å². The van der Waals surface area contributed by atoms with E-state index in [0.29, 0.717) is 31.5 Å². The number of hydrogen-bond donors (Lipinski definition) is 5. The highest BCUT2D eigenvalue weighted by atomic mass is 16.4. The number of carboxylic acid groups (broad SMARTS) is 1. The Morgan fingerprint density at radius 1 is 1.25 bits per heavy atom. The van der Waals surface area contributed by atoms with Crippen molar-refractivity contribution in [1.82, 2.24) is 35.5 Å². The molecule has 0 aromatic carbocycles. The summed E-state index contributed by atoms with van der Waals surface area (Å²) in [7, 11) is 1.92. The molecule has 3 fully saturated rings. The van der Waals surface area contributed by atoms with Crippen LogP contribution in [0.4, 0.5) is 5.95 Å². The predicted molar refractivity (Wildman–Crippen MR) is 130 cm³/mol. The Morgan fingerprint density at radius 2 is 1.92 bits per heavy atom. The summed E-state index contributed by atoms with van der Waals surface area (Å²) in [6.45, 7) is 5.95. The second-order valence-electron chi connectivity index (χ2n) is 11.1. The lowest BCUT2D eigenvalue weighted by molar-refractivity contribution is -0.216. The second-order valence-corrected chi connectivity index (χ2v) is 11.1. The van der Waals surface area contributed by atoms with Crippen molar-refractivity contribution in [3.8, 4) is 0 Å². The SMILES string of the molecule is CN(Cc1cnc2nc(N)[nH]c(=O)c2n1)C12CC(C(=O)N[C@@H](CCC(=O)NC(C)(C)C)C(=O)O)(C1)C2. The fourth-order valence-electron chi connectivity index (χ4n) is 5.16. The average Bonchev–Trinajstić information content (AvgIpc) is 2.68. The van der Waals surface area contributed by atoms with E-state index in [1.165, 1.54) is 0 Å². The fourth-order valence-corrected chi connectivity index (χ4v) is 5.16. The number of hydrogen-bond acceptors (Lipinski definition) is 9. The van der Waals surface area contributed by atoms with Gasteiger partial charge < -0.3 is 21.5 Å². The molecule has 0 radical (unpaired) electrons. The van der Waals surface area contributed by atoms with Crippen molar-refractivity contribution < 1.29 is 19.5 Å². The van der Waals surface area contributed by atoms with Gasteiger partial charge in [0.1, 0.15) is 6.04 Å². The number of aromatic nitrogens is 4. The molecule has 3 saturated carbocycles. The maximum atomic E-state index is 12.9. The van der Waals surface area contributed by atoms with E-state index in [-0.39, 0.29) is 47.3 Å². The molecule has 3 aliphatic carbocycles. The van der Waals surface area contributed by atoms with Crippen molar-refractivity contribution >= 4 is 34.9 Å². The molecule has 2 bridgehead atoms. The zero-order chi connectivity index (χ0) is 26.5. The van der Waals surface area contributed by atoms with Crippen LogP contribution in [-0.4, -0.2) is 71.9 Å². The number of nitrogens with one attached hydrogen (secondary N) is 3. The van der Waals surface area contributed by atoms with Crippen LogP contribution in [0, 0.1) is 5.41 Å². The number of aliphatic carboxylic acids is 1. The number of rotatable bonds is 9. The molecule has 194 valence electrons. The molecule has 1 atom stereocenters. The van der Waals surface area contributed by atoms with Crippen molar-refractivity contribution in [3.63, 3.8) is 0 Å². The molecule has 2 heterocycles. The number of carboxylic acids is 1. The number of carbonyl (C=O) groups excluding carboxylic acids is 2. The molecule has 5 rings (SSSR count). The third-order valence-corrected chi connectivity index (χ3v) is 6.96. The summed E-state index contributed by atoms with van der Waals surface area (Å²) in [5, 5.41) is 15.0. The van der Waals surface area contributed by atoms with Gasteiger partial charge in [0.2, 0.25) is 17.8 Å². The number of nitrogens with zero attached hydrogens (tertiary/aromatic N) is 4. The maximum absolute atomic E-state index is 12.9. The first-order valence-corrected chi connectivity index (χ1v) is 11.8. The first kappa shape index (κ1) is 25.5. The van der Waals surface area contributed by atoms with Crippen molar-refractivity contribution in [2.45, 2.75) is 76.5 Å². The lowest BCUT2D eigenvalue weighted by Gasteiger charge is -2.72. The Kier molecular flexibility index (Phi) is 6.23. The number of anilines is 1. The second kappa shape index (κ2) is 8.80. The largest absolute Gasteiger partial charge is 0.480 e. The molecule has 2 aromatic rings. The molecule has 0 saturated heterocycles. The van der Waals surface area contributed by atoms with E-state index in [2.05, 4.69) is 35.5 Å². The Morgan fingerprint density at radius 3 is 2.53 bits per heavy atom. The number of aromatic amines is 1. The van der Waals surface area contributed by atoms with Gasteiger partial charge in [-0.25, -0.2) is 14.8 Å². The van der Waals surface area contributed by atoms with Gasteiger partial charge in [-0.1, -0.05) is 0 Å². The van der Waals surface area contributed by atoms with E-state index in [1.807, 2.05) is 27.8 Å². The Bertz CT molecular complexity index is 1260. The van der Waals surface area contributed by atoms with E-state index < -0.39 is 28.5 Å². The molecular formula is C23H32N8O5. The zero-order valence-electron chi connectivity index (χ0n) is 20.8. The van der Waals surface area contributed by atoms with Crippen molar-refractivity contribution in [1.29, 1.82) is 0 Å². The molecule has 6 N–H and O–H groups in total. The van der Waals surface area contributed by atoms with Crippen molar-refractivity contribution in [2.24, 2.45) is 5.41 Å². The zero-order valence-corrected chi connectivity index (χ0v) is 20.8. The number of carbonyl (C=O) groups is 3. The Balaban J connectivity index is 1.32. The van der Waals surface area contributed by atoms with Gasteiger partial charge >= 0.3 is 5.97 Å². The first-order chi connectivity index (χ1) is 16.7. The molecule has 0 unspecified atom stereocenters. The van der Waals surface area contributed by atoms with Gasteiger partial charge in [-0.3, -0.25) is 24.3 Å². The summed E-state index contributed by atoms with van der Waals surface area (Å²) < 4.78 is 0. The van der Waals surface area contributed by atoms with Crippen molar-refractivity contribution in [2.75, 3.05) is 12.8 Å². The van der Waals surface area contributed by atoms with E-state index >= 15 is 0 Å². The first-order valence-electron chi connectivity index (χ1n) is 11.8. The molecule has 0 spiro atoms. The number of fused-ring (bicyclic) bond motifs is 1. The number of H-pyrrole nitrogens is 1. The van der Waals surface area contributed by atoms with Gasteiger partial charge in [-0.15, -0.1) is 0 Å². The van der Waals surface area contributed by atoms with E-state index in [1.54, 1.807) is 6.20 Å². The highest BCUT2D eigenvalue weighted by Gasteiger charge is 2.73. The van der Waals surface area contributed by atoms with Crippen LogP contribution in [0.15, 0.2) is 11.0 Å². The highest BCUT2D eigenvalue weighted by molar-refractivity contribution is 5.91. The summed E-state index contributed by atoms with van der Waals surface area (Å²) in [6, 6.07) is -1.13. The third-order valence-electron chi connectivity index (χ3n) is 6.96. The van der Waals surface area contributed by atoms with Gasteiger partial charge in [0.05, 0.1) is 17.3 Å². The monoisotopic (exact) mass is 500 g/mol. The topological polar surface area (TPSA) is 196 Å². The van der Waals surface area contributed by atoms with Crippen LogP contribution in [0.2, 0.25) is 0 Å². The highest BCUT2D eigenvalue weighted by Crippen LogP contribution is 2.69. The lowest BCUT2D eigenvalue weighted by atomic mass is 9.38. The van der Waals surface area contributed by atoms with Crippen LogP contribution < -0.4 is 21.9 Å². The van der Waals surface area contributed by atoms with Gasteiger partial charge in [0, 0.05) is 24.0 Å². The third kappa shape index (κ3) is 4.87. The summed E-state index contributed by atoms with van der Waals surface area (Å²) in [6.07, 6.45) is 3.36. The minimum absolute atomic E-state index is 0.00589. The molecular weight excluding hydrogens is 468 g/mol. The summed E-state index contributed by atoms with van der Waals surface area (Å²) >= 11 is 0. The minimum Gasteiger partial charge on any atom is -0.480 e. The number of amides is 2. The van der Waals surface area contributed by atoms with Gasteiger partial charge in [-0.2, -0.15) is 4.98 Å². The van der Waals surface area contributed by atoms with Gasteiger partial charge in [0.15, 0.2) is 11.2 Å². The summed E-state index contributed by atoms with van der Waals surface area (Å²) in [5.74, 6) is -1.73. The predicted octanol–water partition coefficient (Wildman–Crippen LogP) is -0.0859. The summed E-state index contributed by atoms with van der Waals surface area (Å²) in [4.78, 5) is 65.8. The number of nitrogens with two attached hydrogens (primary N) is 1. The van der Waals surface area contributed by atoms with Crippen LogP contribution in [0.5, 0.6) is 0 Å². The van der Waals surface area contributed by atoms with Gasteiger partial charge in [0.25, 0.3) is 5.56 Å². The molecule has 13 heteroatoms. The van der Waals surface area contributed by atoms with E-state index in [0.717, 1.165) is 0 Å². The molecule has 3 aliphatic rings. The van der Waals surface area contributed by atoms with Gasteiger partial charge in [-0.05, 0) is 53.5 Å². The Hall–Kier alpha value is -3.61. The van der Waals surface area contributed by atoms with Crippen LogP contribution in [0.3, 0.4) is 0 Å². The smallest absolute Gasteiger partial charge is 0.326 e. The fraction of sp³-hybridized carbons (Fsp3) is 0.609. The molecule has 13 nitrogen and oxygen atoms in total. The average molecular weight is 501 g/mol. The normalized spacial score (nSPS) is 23.5. The quantitative estimate of drug-likeness (QED) is 0.310. The van der Waals surface area contributed by atoms with Crippen molar-refractivity contribution in [3.05, 3.63) is 22.2 Å². The van der Waals surface area contributed by atoms with Crippen LogP contribution in [0.1, 0.15) is 58.6 Å². The summed E-state index contributed by atoms with van der Waals surface area (Å²) in [5.41, 5.74) is 4.76. The number of nitrogen functional groups attached to an aromatic ring is 1. The molecule has 36 heavy (non-hydrogen) atoms. The standard InChI is InChI=1S/C23H32N8O5/c1-21(2,3)30-14(32)6-5-13(18(34)35)27-19(36)22-9-23(10-22,11-22)31(4)8-12-7-25-16-15(26-12)17(33)29-20(24)28-16/h7,13H,5-6,8-11H2,1-4H3,(H,27,36)(H,30,32)(H,34,35)(H3,24,25,28,29,33)/t13-,22?,23?/m0/s1.